The number of amidine groups is 1. The van der Waals surface area contributed by atoms with Gasteiger partial charge in [-0.15, -0.1) is 11.3 Å². The summed E-state index contributed by atoms with van der Waals surface area (Å²) in [6.45, 7) is 3.71. The molecule has 0 amide bonds. The van der Waals surface area contributed by atoms with Crippen molar-refractivity contribution >= 4 is 23.1 Å². The number of nitrogens with zero attached hydrogens (tertiary/aromatic N) is 2. The van der Waals surface area contributed by atoms with Crippen molar-refractivity contribution in [1.82, 2.24) is 10.3 Å². The minimum absolute atomic E-state index is 0.0514. The number of carbonyl (C=O) groups excluding carboxylic acids is 1. The van der Waals surface area contributed by atoms with Crippen molar-refractivity contribution in [2.45, 2.75) is 19.9 Å². The van der Waals surface area contributed by atoms with Gasteiger partial charge < -0.3 is 19.9 Å². The van der Waals surface area contributed by atoms with Crippen LogP contribution in [0.25, 0.3) is 0 Å². The largest absolute Gasteiger partial charge is 0.463 e. The zero-order valence-corrected chi connectivity index (χ0v) is 17.0. The summed E-state index contributed by atoms with van der Waals surface area (Å²) in [5.41, 5.74) is 2.12. The minimum atomic E-state index is -0.706. The molecule has 1 atom stereocenters. The second-order valence-corrected chi connectivity index (χ2v) is 7.13. The topological polar surface area (TPSA) is 93.0 Å². The first kappa shape index (κ1) is 21.1. The van der Waals surface area contributed by atoms with Gasteiger partial charge in [0, 0.05) is 11.6 Å². The second-order valence-electron chi connectivity index (χ2n) is 6.23. The number of aliphatic hydroxyl groups excluding tert-OH is 1. The van der Waals surface area contributed by atoms with Crippen LogP contribution in [0, 0.1) is 12.7 Å². The Morgan fingerprint density at radius 2 is 2.24 bits per heavy atom. The van der Waals surface area contributed by atoms with Gasteiger partial charge in [0.25, 0.3) is 0 Å². The lowest BCUT2D eigenvalue weighted by molar-refractivity contribution is -0.139. The molecule has 0 saturated carbocycles. The highest BCUT2D eigenvalue weighted by atomic mass is 32.1. The molecule has 2 N–H and O–H groups in total. The molecule has 29 heavy (non-hydrogen) atoms. The maximum absolute atomic E-state index is 13.7. The fraction of sp³-hybridized carbons (Fsp3) is 0.350. The molecule has 1 aromatic heterocycles. The van der Waals surface area contributed by atoms with Gasteiger partial charge >= 0.3 is 5.97 Å². The first-order valence-corrected chi connectivity index (χ1v) is 10.0. The van der Waals surface area contributed by atoms with Crippen LogP contribution in [-0.4, -0.2) is 48.3 Å². The highest BCUT2D eigenvalue weighted by molar-refractivity contribution is 7.11. The van der Waals surface area contributed by atoms with Crippen LogP contribution < -0.4 is 5.32 Å². The van der Waals surface area contributed by atoms with Crippen molar-refractivity contribution < 1.29 is 23.8 Å². The Labute approximate surface area is 171 Å². The van der Waals surface area contributed by atoms with Gasteiger partial charge in [-0.25, -0.2) is 14.2 Å². The molecular weight excluding hydrogens is 397 g/mol. The molecule has 1 aliphatic heterocycles. The summed E-state index contributed by atoms with van der Waals surface area (Å²) in [6, 6.07) is 3.66. The molecule has 2 heterocycles. The van der Waals surface area contributed by atoms with E-state index in [1.165, 1.54) is 23.5 Å². The molecule has 0 bridgehead atoms. The fourth-order valence-electron chi connectivity index (χ4n) is 3.02. The standard InChI is InChI=1S/C20H22FN3O4S/c1-3-28-20(26)16-15(11-27-8-7-25)23-18(19-22-6-9-29-19)24-17(16)14-5-4-13(21)10-12(14)2/h4-6,9-10,17,25H,3,7-8,11H2,1-2H3,(H,23,24). The summed E-state index contributed by atoms with van der Waals surface area (Å²) in [5, 5.41) is 14.6. The highest BCUT2D eigenvalue weighted by Gasteiger charge is 2.33. The van der Waals surface area contributed by atoms with E-state index in [9.17, 15) is 9.18 Å². The van der Waals surface area contributed by atoms with E-state index in [1.54, 1.807) is 26.1 Å². The van der Waals surface area contributed by atoms with Crippen LogP contribution in [0.15, 0.2) is 46.0 Å². The maximum Gasteiger partial charge on any atom is 0.338 e. The van der Waals surface area contributed by atoms with E-state index in [1.807, 2.05) is 5.38 Å². The molecule has 0 saturated heterocycles. The van der Waals surface area contributed by atoms with Crippen LogP contribution in [0.4, 0.5) is 4.39 Å². The number of aliphatic imine (C=N–C) groups is 1. The Balaban J connectivity index is 2.11. The number of carbonyl (C=O) groups is 1. The summed E-state index contributed by atoms with van der Waals surface area (Å²) in [7, 11) is 0. The number of ether oxygens (including phenoxy) is 2. The predicted octanol–water partition coefficient (Wildman–Crippen LogP) is 2.51. The van der Waals surface area contributed by atoms with Gasteiger partial charge in [0.15, 0.2) is 10.8 Å². The summed E-state index contributed by atoms with van der Waals surface area (Å²) < 4.78 is 24.4. The molecule has 1 aromatic carbocycles. The van der Waals surface area contributed by atoms with Gasteiger partial charge in [-0.2, -0.15) is 0 Å². The number of thiazole rings is 1. The lowest BCUT2D eigenvalue weighted by Gasteiger charge is -2.27. The average Bonchev–Trinajstić information content (AvgIpc) is 3.22. The quantitative estimate of drug-likeness (QED) is 0.505. The molecule has 0 spiro atoms. The molecule has 3 rings (SSSR count). The van der Waals surface area contributed by atoms with Crippen molar-refractivity contribution in [2.75, 3.05) is 26.4 Å². The Morgan fingerprint density at radius 1 is 1.41 bits per heavy atom. The molecule has 0 aliphatic carbocycles. The summed E-state index contributed by atoms with van der Waals surface area (Å²) in [6.07, 6.45) is 1.66. The molecule has 2 aromatic rings. The normalized spacial score (nSPS) is 16.4. The van der Waals surface area contributed by atoms with E-state index < -0.39 is 12.0 Å². The monoisotopic (exact) mass is 419 g/mol. The molecule has 0 fully saturated rings. The number of halogens is 1. The Morgan fingerprint density at radius 3 is 2.90 bits per heavy atom. The van der Waals surface area contributed by atoms with Gasteiger partial charge in [0.1, 0.15) is 11.9 Å². The number of hydrogen-bond donors (Lipinski definition) is 2. The van der Waals surface area contributed by atoms with Crippen LogP contribution in [0.5, 0.6) is 0 Å². The third-order valence-electron chi connectivity index (χ3n) is 4.26. The number of benzene rings is 1. The Kier molecular flexibility index (Phi) is 7.08. The summed E-state index contributed by atoms with van der Waals surface area (Å²) >= 11 is 1.40. The van der Waals surface area contributed by atoms with Crippen molar-refractivity contribution in [3.05, 3.63) is 63.0 Å². The van der Waals surface area contributed by atoms with Gasteiger partial charge in [0.2, 0.25) is 0 Å². The molecule has 154 valence electrons. The summed E-state index contributed by atoms with van der Waals surface area (Å²) in [5.74, 6) is -0.403. The molecule has 0 radical (unpaired) electrons. The number of rotatable bonds is 8. The Bertz CT molecular complexity index is 928. The first-order valence-electron chi connectivity index (χ1n) is 9.14. The van der Waals surface area contributed by atoms with Crippen LogP contribution in [0.3, 0.4) is 0 Å². The van der Waals surface area contributed by atoms with Crippen molar-refractivity contribution in [3.8, 4) is 0 Å². The van der Waals surface area contributed by atoms with Gasteiger partial charge in [-0.05, 0) is 37.1 Å². The number of aromatic nitrogens is 1. The van der Waals surface area contributed by atoms with E-state index in [-0.39, 0.29) is 32.2 Å². The maximum atomic E-state index is 13.7. The van der Waals surface area contributed by atoms with E-state index >= 15 is 0 Å². The third kappa shape index (κ3) is 4.87. The van der Waals surface area contributed by atoms with E-state index in [0.29, 0.717) is 33.2 Å². The lowest BCUT2D eigenvalue weighted by Crippen LogP contribution is -2.36. The van der Waals surface area contributed by atoms with Crippen LogP contribution in [-0.2, 0) is 14.3 Å². The minimum Gasteiger partial charge on any atom is -0.463 e. The number of aryl methyl sites for hydroxylation is 1. The molecular formula is C20H22FN3O4S. The van der Waals surface area contributed by atoms with Crippen LogP contribution in [0.1, 0.15) is 29.1 Å². The van der Waals surface area contributed by atoms with Crippen LogP contribution >= 0.6 is 11.3 Å². The molecule has 1 unspecified atom stereocenters. The van der Waals surface area contributed by atoms with Gasteiger partial charge in [-0.1, -0.05) is 6.07 Å². The van der Waals surface area contributed by atoms with Gasteiger partial charge in [0.05, 0.1) is 37.7 Å². The smallest absolute Gasteiger partial charge is 0.338 e. The van der Waals surface area contributed by atoms with Crippen molar-refractivity contribution in [2.24, 2.45) is 4.99 Å². The fourth-order valence-corrected chi connectivity index (χ4v) is 3.61. The number of nitrogens with one attached hydrogen (secondary N) is 1. The molecule has 9 heteroatoms. The number of esters is 1. The number of aliphatic hydroxyl groups is 1. The van der Waals surface area contributed by atoms with E-state index in [2.05, 4.69) is 10.3 Å². The predicted molar refractivity (Wildman–Crippen MR) is 107 cm³/mol. The van der Waals surface area contributed by atoms with Gasteiger partial charge in [-0.3, -0.25) is 4.99 Å². The van der Waals surface area contributed by atoms with E-state index in [0.717, 1.165) is 0 Å². The zero-order valence-electron chi connectivity index (χ0n) is 16.1. The second kappa shape index (κ2) is 9.73. The highest BCUT2D eigenvalue weighted by Crippen LogP contribution is 2.34. The zero-order chi connectivity index (χ0) is 20.8. The molecule has 1 aliphatic rings. The molecule has 7 nitrogen and oxygen atoms in total. The third-order valence-corrected chi connectivity index (χ3v) is 5.04. The van der Waals surface area contributed by atoms with E-state index in [4.69, 9.17) is 19.6 Å². The first-order chi connectivity index (χ1) is 14.0. The van der Waals surface area contributed by atoms with Crippen LogP contribution in [0.2, 0.25) is 0 Å². The Hall–Kier alpha value is -2.62. The number of hydrogen-bond acceptors (Lipinski definition) is 8. The van der Waals surface area contributed by atoms with Crippen molar-refractivity contribution in [1.29, 1.82) is 0 Å². The average molecular weight is 419 g/mol. The summed E-state index contributed by atoms with van der Waals surface area (Å²) in [4.78, 5) is 21.8. The lowest BCUT2D eigenvalue weighted by atomic mass is 9.92. The van der Waals surface area contributed by atoms with Crippen molar-refractivity contribution in [3.63, 3.8) is 0 Å². The SMILES string of the molecule is CCOC(=O)C1=C(COCCO)NC(c2nccs2)=NC1c1ccc(F)cc1C.